The summed E-state index contributed by atoms with van der Waals surface area (Å²) in [6.45, 7) is 18.2. The van der Waals surface area contributed by atoms with Crippen LogP contribution in [0.3, 0.4) is 0 Å². The van der Waals surface area contributed by atoms with Gasteiger partial charge in [-0.15, -0.1) is 6.58 Å². The fourth-order valence-electron chi connectivity index (χ4n) is 12.0. The van der Waals surface area contributed by atoms with Crippen LogP contribution in [0.15, 0.2) is 82.4 Å². The van der Waals surface area contributed by atoms with E-state index >= 15 is 0 Å². The molecule has 12 nitrogen and oxygen atoms in total. The minimum absolute atomic E-state index is 0.191. The Morgan fingerprint density at radius 3 is 1.58 bits per heavy atom. The molecule has 6 fully saturated rings. The molecule has 2 aromatic heterocycles. The quantitative estimate of drug-likeness (QED) is 0.0883. The number of amides is 4. The number of imide groups is 2. The van der Waals surface area contributed by atoms with Crippen LogP contribution in [0.1, 0.15) is 187 Å². The molecule has 6 aliphatic rings. The van der Waals surface area contributed by atoms with Crippen molar-refractivity contribution in [3.05, 3.63) is 118 Å². The molecule has 4 aromatic rings. The molecule has 2 aliphatic heterocycles. The lowest BCUT2D eigenvalue weighted by Gasteiger charge is -2.38. The Bertz CT molecular complexity index is 2500. The van der Waals surface area contributed by atoms with Gasteiger partial charge in [0.25, 0.3) is 0 Å². The number of aromatic nitrogens is 2. The number of benzene rings is 2. The van der Waals surface area contributed by atoms with Crippen molar-refractivity contribution in [2.75, 3.05) is 13.2 Å². The van der Waals surface area contributed by atoms with Crippen molar-refractivity contribution in [3.8, 4) is 0 Å². The number of hydrogen-bond acceptors (Lipinski definition) is 10. The number of nitrogens with zero attached hydrogens (tertiary/aromatic N) is 4. The minimum atomic E-state index is -0.553. The van der Waals surface area contributed by atoms with Crippen LogP contribution < -0.4 is 0 Å². The van der Waals surface area contributed by atoms with E-state index in [1.165, 1.54) is 59.5 Å². The van der Waals surface area contributed by atoms with Crippen LogP contribution in [-0.2, 0) is 44.7 Å². The van der Waals surface area contributed by atoms with Crippen molar-refractivity contribution in [2.24, 2.45) is 28.6 Å². The second kappa shape index (κ2) is 21.3. The Morgan fingerprint density at radius 1 is 0.662 bits per heavy atom. The summed E-state index contributed by atoms with van der Waals surface area (Å²) in [7, 11) is 0. The van der Waals surface area contributed by atoms with Crippen LogP contribution >= 0.6 is 0 Å². The zero-order valence-electron chi connectivity index (χ0n) is 43.0. The third-order valence-corrected chi connectivity index (χ3v) is 15.5. The van der Waals surface area contributed by atoms with Gasteiger partial charge in [-0.1, -0.05) is 119 Å². The summed E-state index contributed by atoms with van der Waals surface area (Å²) in [5.74, 6) is 4.70. The molecule has 0 bridgehead atoms. The fourth-order valence-corrected chi connectivity index (χ4v) is 12.0. The van der Waals surface area contributed by atoms with E-state index in [-0.39, 0.29) is 43.5 Å². The smallest absolute Gasteiger partial charge is 0.416 e. The maximum atomic E-state index is 13.8. The van der Waals surface area contributed by atoms with E-state index in [1.54, 1.807) is 6.08 Å². The molecule has 3 atom stereocenters. The monoisotopic (exact) mass is 969 g/mol. The summed E-state index contributed by atoms with van der Waals surface area (Å²) in [5, 5.41) is 8.94. The van der Waals surface area contributed by atoms with Gasteiger partial charge in [0.1, 0.15) is 24.7 Å². The Hall–Kier alpha value is -5.52. The molecule has 0 unspecified atom stereocenters. The second-order valence-corrected chi connectivity index (χ2v) is 24.2. The number of cyclic esters (lactones) is 2. The molecule has 0 N–H and O–H groups in total. The molecular formula is C59H76N4O8. The molecule has 71 heavy (non-hydrogen) atoms. The standard InChI is InChI=1S/C31H40N2O4.C28H36N2O4/c1-5-9-23(29(34)33-25(19-36-30(33)35)16-20-10-7-6-8-11-20)17-26-27(22-12-13-22)28(37-32-26)24-14-21(15-24)18-31(2,3)4;1-28(2,3)16-19-13-21(14-19)26-25(20-9-10-20)23(29-34-26)11-12-24(31)30-22(17-33-27(30)32)15-18-7-5-4-6-8-18/h5-8,10-11,21-25H,1,9,12-19H2,2-4H3;4-8,19-22H,9-17H2,1-3H3/t21?,23-,24?,25-;19?,21?,22-/m00/s1. The summed E-state index contributed by atoms with van der Waals surface area (Å²) >= 11 is 0. The van der Waals surface area contributed by atoms with Gasteiger partial charge in [-0.2, -0.15) is 0 Å². The average Bonchev–Trinajstić information content (AvgIpc) is 4.18. The first-order chi connectivity index (χ1) is 34.0. The number of allylic oxidation sites excluding steroid dienone is 1. The van der Waals surface area contributed by atoms with Crippen molar-refractivity contribution in [1.29, 1.82) is 0 Å². The molecule has 0 radical (unpaired) electrons. The van der Waals surface area contributed by atoms with Crippen LogP contribution in [0.25, 0.3) is 0 Å². The highest BCUT2D eigenvalue weighted by atomic mass is 16.6. The zero-order valence-corrected chi connectivity index (χ0v) is 43.0. The van der Waals surface area contributed by atoms with Gasteiger partial charge in [-0.3, -0.25) is 9.59 Å². The molecular weight excluding hydrogens is 893 g/mol. The molecule has 4 aliphatic carbocycles. The van der Waals surface area contributed by atoms with E-state index in [9.17, 15) is 19.2 Å². The van der Waals surface area contributed by atoms with Gasteiger partial charge in [-0.25, -0.2) is 19.4 Å². The molecule has 380 valence electrons. The average molecular weight is 969 g/mol. The van der Waals surface area contributed by atoms with E-state index in [0.29, 0.717) is 66.6 Å². The van der Waals surface area contributed by atoms with E-state index in [2.05, 4.69) is 58.4 Å². The maximum absolute atomic E-state index is 13.8. The fraction of sp³-hybridized carbons (Fsp3) is 0.593. The van der Waals surface area contributed by atoms with Crippen LogP contribution in [0.5, 0.6) is 0 Å². The number of carbonyl (C=O) groups excluding carboxylic acids is 4. The van der Waals surface area contributed by atoms with E-state index in [4.69, 9.17) is 18.5 Å². The van der Waals surface area contributed by atoms with Crippen molar-refractivity contribution >= 4 is 24.0 Å². The SMILES string of the molecule is C=CC[C@@H](Cc1noc(C2CC(CC(C)(C)C)C2)c1C1CC1)C(=O)N1C(=O)OC[C@@H]1Cc1ccccc1.CC(C)(C)CC1CC(c2onc(CCC(=O)N3C(=O)OC[C@@H]3Cc3ccccc3)c2C2CC2)C1. The van der Waals surface area contributed by atoms with Gasteiger partial charge >= 0.3 is 12.2 Å². The largest absolute Gasteiger partial charge is 0.447 e. The van der Waals surface area contributed by atoms with Crippen LogP contribution in [0.4, 0.5) is 9.59 Å². The highest BCUT2D eigenvalue weighted by molar-refractivity contribution is 5.95. The van der Waals surface area contributed by atoms with Gasteiger partial charge in [-0.05, 0) is 129 Å². The zero-order chi connectivity index (χ0) is 50.0. The summed E-state index contributed by atoms with van der Waals surface area (Å²) in [6.07, 6.45) is 15.3. The highest BCUT2D eigenvalue weighted by Crippen LogP contribution is 2.54. The van der Waals surface area contributed by atoms with Gasteiger partial charge in [0.05, 0.1) is 23.5 Å². The molecule has 2 aromatic carbocycles. The first-order valence-corrected chi connectivity index (χ1v) is 26.7. The number of rotatable bonds is 18. The van der Waals surface area contributed by atoms with Gasteiger partial charge in [0, 0.05) is 48.1 Å². The van der Waals surface area contributed by atoms with Crippen LogP contribution in [-0.4, -0.2) is 69.4 Å². The molecule has 2 saturated heterocycles. The summed E-state index contributed by atoms with van der Waals surface area (Å²) in [6, 6.07) is 19.3. The number of carbonyl (C=O) groups is 4. The Kier molecular flexibility index (Phi) is 15.1. The van der Waals surface area contributed by atoms with E-state index in [0.717, 1.165) is 71.6 Å². The van der Waals surface area contributed by atoms with Crippen molar-refractivity contribution in [3.63, 3.8) is 0 Å². The van der Waals surface area contributed by atoms with Crippen molar-refractivity contribution in [2.45, 2.75) is 180 Å². The normalized spacial score (nSPS) is 24.6. The van der Waals surface area contributed by atoms with Gasteiger partial charge in [0.2, 0.25) is 11.8 Å². The lowest BCUT2D eigenvalue weighted by molar-refractivity contribution is -0.133. The third-order valence-electron chi connectivity index (χ3n) is 15.5. The molecule has 12 heteroatoms. The lowest BCUT2D eigenvalue weighted by atomic mass is 9.67. The van der Waals surface area contributed by atoms with Crippen molar-refractivity contribution < 1.29 is 37.7 Å². The molecule has 4 heterocycles. The van der Waals surface area contributed by atoms with E-state index in [1.807, 2.05) is 60.7 Å². The Morgan fingerprint density at radius 2 is 1.11 bits per heavy atom. The lowest BCUT2D eigenvalue weighted by Crippen LogP contribution is -2.44. The number of ether oxygens (including phenoxy) is 2. The summed E-state index contributed by atoms with van der Waals surface area (Å²) < 4.78 is 22.4. The topological polar surface area (TPSA) is 145 Å². The van der Waals surface area contributed by atoms with Crippen molar-refractivity contribution in [1.82, 2.24) is 20.1 Å². The molecule has 10 rings (SSSR count). The third kappa shape index (κ3) is 12.4. The molecule has 0 spiro atoms. The second-order valence-electron chi connectivity index (χ2n) is 24.2. The molecule has 4 amide bonds. The predicted octanol–water partition coefficient (Wildman–Crippen LogP) is 12.8. The summed E-state index contributed by atoms with van der Waals surface area (Å²) in [4.78, 5) is 54.5. The molecule has 4 saturated carbocycles. The highest BCUT2D eigenvalue weighted by Gasteiger charge is 2.45. The number of hydrogen-bond donors (Lipinski definition) is 0. The first-order valence-electron chi connectivity index (χ1n) is 26.7. The first kappa shape index (κ1) is 50.4. The minimum Gasteiger partial charge on any atom is -0.447 e. The Labute approximate surface area is 420 Å². The van der Waals surface area contributed by atoms with Gasteiger partial charge in [0.15, 0.2) is 0 Å². The maximum Gasteiger partial charge on any atom is 0.416 e. The predicted molar refractivity (Wildman–Crippen MR) is 271 cm³/mol. The van der Waals surface area contributed by atoms with Gasteiger partial charge < -0.3 is 18.5 Å². The number of aryl methyl sites for hydroxylation is 1. The van der Waals surface area contributed by atoms with Crippen LogP contribution in [0, 0.1) is 28.6 Å². The summed E-state index contributed by atoms with van der Waals surface area (Å²) in [5.41, 5.74) is 7.17. The Balaban J connectivity index is 0.000000176. The van der Waals surface area contributed by atoms with E-state index < -0.39 is 18.1 Å². The van der Waals surface area contributed by atoms with Crippen LogP contribution in [0.2, 0.25) is 0 Å².